The predicted octanol–water partition coefficient (Wildman–Crippen LogP) is 4.07. The lowest BCUT2D eigenvalue weighted by atomic mass is 10.2. The van der Waals surface area contributed by atoms with Crippen LogP contribution in [-0.2, 0) is 0 Å². The molecule has 0 heterocycles. The highest BCUT2D eigenvalue weighted by Gasteiger charge is 2.09. The summed E-state index contributed by atoms with van der Waals surface area (Å²) in [5.41, 5.74) is 2.38. The number of anilines is 2. The van der Waals surface area contributed by atoms with Crippen LogP contribution in [0, 0.1) is 0 Å². The van der Waals surface area contributed by atoms with Crippen molar-refractivity contribution in [1.29, 1.82) is 0 Å². The first-order chi connectivity index (χ1) is 14.0. The van der Waals surface area contributed by atoms with E-state index in [1.807, 2.05) is 18.2 Å². The number of amides is 2. The van der Waals surface area contributed by atoms with Crippen LogP contribution < -0.4 is 20.7 Å². The van der Waals surface area contributed by atoms with Crippen molar-refractivity contribution in [3.63, 3.8) is 0 Å². The van der Waals surface area contributed by atoms with Crippen LogP contribution in [-0.4, -0.2) is 24.0 Å². The molecule has 3 N–H and O–H groups in total. The quantitative estimate of drug-likeness (QED) is 0.558. The minimum absolute atomic E-state index is 0.173. The molecule has 7 heteroatoms. The minimum atomic E-state index is -0.322. The number of rotatable bonds is 5. The Hall–Kier alpha value is -3.71. The summed E-state index contributed by atoms with van der Waals surface area (Å²) < 4.78 is 5.07. The van der Waals surface area contributed by atoms with E-state index in [4.69, 9.17) is 17.0 Å². The van der Waals surface area contributed by atoms with Crippen LogP contribution in [0.15, 0.2) is 78.9 Å². The van der Waals surface area contributed by atoms with Gasteiger partial charge in [-0.15, -0.1) is 0 Å². The maximum absolute atomic E-state index is 12.2. The van der Waals surface area contributed by atoms with Crippen LogP contribution >= 0.6 is 12.2 Å². The van der Waals surface area contributed by atoms with E-state index in [9.17, 15) is 9.59 Å². The Bertz CT molecular complexity index is 1000. The van der Waals surface area contributed by atoms with Gasteiger partial charge in [0.05, 0.1) is 7.11 Å². The zero-order chi connectivity index (χ0) is 20.6. The summed E-state index contributed by atoms with van der Waals surface area (Å²) in [5.74, 6) is 0.159. The number of benzene rings is 3. The van der Waals surface area contributed by atoms with Gasteiger partial charge in [0.25, 0.3) is 11.8 Å². The van der Waals surface area contributed by atoms with Crippen LogP contribution in [0.4, 0.5) is 11.4 Å². The third-order valence-corrected chi connectivity index (χ3v) is 4.22. The van der Waals surface area contributed by atoms with Gasteiger partial charge in [0.15, 0.2) is 5.11 Å². The first kappa shape index (κ1) is 20.0. The molecule has 146 valence electrons. The second-order valence-corrected chi connectivity index (χ2v) is 6.44. The van der Waals surface area contributed by atoms with Crippen LogP contribution in [0.5, 0.6) is 5.75 Å². The molecule has 3 aromatic rings. The standard InChI is InChI=1S/C22H19N3O3S/c1-28-19-13-7-16(8-14-19)21(27)25-22(29)24-18-11-9-17(10-12-18)23-20(26)15-5-3-2-4-6-15/h2-14H,1H3,(H,23,26)(H2,24,25,27,29). The number of methoxy groups -OCH3 is 1. The average molecular weight is 405 g/mol. The van der Waals surface area contributed by atoms with Gasteiger partial charge in [-0.1, -0.05) is 18.2 Å². The predicted molar refractivity (Wildman–Crippen MR) is 118 cm³/mol. The second-order valence-electron chi connectivity index (χ2n) is 6.03. The molecule has 0 radical (unpaired) electrons. The molecule has 0 aliphatic carbocycles. The van der Waals surface area contributed by atoms with Gasteiger partial charge in [0.2, 0.25) is 0 Å². The van der Waals surface area contributed by atoms with E-state index < -0.39 is 0 Å². The normalized spacial score (nSPS) is 9.97. The first-order valence-corrected chi connectivity index (χ1v) is 9.19. The Morgan fingerprint density at radius 1 is 0.724 bits per heavy atom. The summed E-state index contributed by atoms with van der Waals surface area (Å²) in [5, 5.41) is 8.56. The summed E-state index contributed by atoms with van der Waals surface area (Å²) in [6.07, 6.45) is 0. The fraction of sp³-hybridized carbons (Fsp3) is 0.0455. The highest BCUT2D eigenvalue weighted by Crippen LogP contribution is 2.15. The summed E-state index contributed by atoms with van der Waals surface area (Å²) in [6.45, 7) is 0. The van der Waals surface area contributed by atoms with Gasteiger partial charge in [-0.25, -0.2) is 0 Å². The zero-order valence-electron chi connectivity index (χ0n) is 15.6. The molecular weight excluding hydrogens is 386 g/mol. The lowest BCUT2D eigenvalue weighted by Crippen LogP contribution is -2.34. The van der Waals surface area contributed by atoms with Gasteiger partial charge < -0.3 is 15.4 Å². The average Bonchev–Trinajstić information content (AvgIpc) is 2.75. The molecular formula is C22H19N3O3S. The smallest absolute Gasteiger partial charge is 0.257 e. The monoisotopic (exact) mass is 405 g/mol. The molecule has 0 unspecified atom stereocenters. The molecule has 0 fully saturated rings. The van der Waals surface area contributed by atoms with Crippen molar-refractivity contribution >= 4 is 40.5 Å². The summed E-state index contributed by atoms with van der Waals surface area (Å²) in [6, 6.07) is 22.7. The van der Waals surface area contributed by atoms with Crippen LogP contribution in [0.3, 0.4) is 0 Å². The Balaban J connectivity index is 1.54. The van der Waals surface area contributed by atoms with Crippen LogP contribution in [0.2, 0.25) is 0 Å². The Labute approximate surface area is 173 Å². The fourth-order valence-corrected chi connectivity index (χ4v) is 2.72. The van der Waals surface area contributed by atoms with Crippen molar-refractivity contribution in [2.75, 3.05) is 17.7 Å². The van der Waals surface area contributed by atoms with E-state index in [1.54, 1.807) is 67.8 Å². The SMILES string of the molecule is COc1ccc(C(=O)NC(=S)Nc2ccc(NC(=O)c3ccccc3)cc2)cc1. The van der Waals surface area contributed by atoms with E-state index in [0.717, 1.165) is 0 Å². The van der Waals surface area contributed by atoms with Gasteiger partial charge in [-0.2, -0.15) is 0 Å². The van der Waals surface area contributed by atoms with Crippen molar-refractivity contribution in [2.45, 2.75) is 0 Å². The molecule has 0 aliphatic rings. The van der Waals surface area contributed by atoms with Gasteiger partial charge in [-0.3, -0.25) is 14.9 Å². The highest BCUT2D eigenvalue weighted by atomic mass is 32.1. The third-order valence-electron chi connectivity index (χ3n) is 4.02. The minimum Gasteiger partial charge on any atom is -0.497 e. The van der Waals surface area contributed by atoms with Gasteiger partial charge in [0, 0.05) is 22.5 Å². The van der Waals surface area contributed by atoms with Crippen molar-refractivity contribution in [3.05, 3.63) is 90.0 Å². The van der Waals surface area contributed by atoms with E-state index >= 15 is 0 Å². The number of ether oxygens (including phenoxy) is 1. The van der Waals surface area contributed by atoms with Crippen LogP contribution in [0.25, 0.3) is 0 Å². The fourth-order valence-electron chi connectivity index (χ4n) is 2.51. The number of carbonyl (C=O) groups excluding carboxylic acids is 2. The van der Waals surface area contributed by atoms with E-state index in [2.05, 4.69) is 16.0 Å². The first-order valence-electron chi connectivity index (χ1n) is 8.78. The summed E-state index contributed by atoms with van der Waals surface area (Å²) >= 11 is 5.19. The molecule has 0 bridgehead atoms. The lowest BCUT2D eigenvalue weighted by molar-refractivity contribution is 0.0976. The molecule has 3 rings (SSSR count). The topological polar surface area (TPSA) is 79.5 Å². The molecule has 0 aromatic heterocycles. The van der Waals surface area contributed by atoms with E-state index in [0.29, 0.717) is 28.3 Å². The Morgan fingerprint density at radius 2 is 1.28 bits per heavy atom. The Morgan fingerprint density at radius 3 is 1.86 bits per heavy atom. The summed E-state index contributed by atoms with van der Waals surface area (Å²) in [7, 11) is 1.56. The van der Waals surface area contributed by atoms with Crippen molar-refractivity contribution in [3.8, 4) is 5.75 Å². The molecule has 6 nitrogen and oxygen atoms in total. The van der Waals surface area contributed by atoms with Crippen molar-refractivity contribution in [1.82, 2.24) is 5.32 Å². The van der Waals surface area contributed by atoms with Gasteiger partial charge >= 0.3 is 0 Å². The van der Waals surface area contributed by atoms with Crippen LogP contribution in [0.1, 0.15) is 20.7 Å². The summed E-state index contributed by atoms with van der Waals surface area (Å²) in [4.78, 5) is 24.4. The number of hydrogen-bond acceptors (Lipinski definition) is 4. The lowest BCUT2D eigenvalue weighted by Gasteiger charge is -2.11. The third kappa shape index (κ3) is 5.63. The molecule has 0 saturated carbocycles. The highest BCUT2D eigenvalue weighted by molar-refractivity contribution is 7.80. The van der Waals surface area contributed by atoms with Gasteiger partial charge in [-0.05, 0) is 72.9 Å². The number of hydrogen-bond donors (Lipinski definition) is 3. The Kier molecular flexibility index (Phi) is 6.55. The molecule has 0 spiro atoms. The van der Waals surface area contributed by atoms with Crippen molar-refractivity contribution in [2.24, 2.45) is 0 Å². The number of carbonyl (C=O) groups is 2. The molecule has 3 aromatic carbocycles. The molecule has 29 heavy (non-hydrogen) atoms. The van der Waals surface area contributed by atoms with Crippen molar-refractivity contribution < 1.29 is 14.3 Å². The zero-order valence-corrected chi connectivity index (χ0v) is 16.5. The molecule has 2 amide bonds. The number of thiocarbonyl (C=S) groups is 1. The maximum Gasteiger partial charge on any atom is 0.257 e. The van der Waals surface area contributed by atoms with E-state index in [-0.39, 0.29) is 16.9 Å². The van der Waals surface area contributed by atoms with E-state index in [1.165, 1.54) is 0 Å². The number of nitrogens with one attached hydrogen (secondary N) is 3. The maximum atomic E-state index is 12.2. The molecule has 0 aliphatic heterocycles. The second kappa shape index (κ2) is 9.48. The molecule has 0 saturated heterocycles. The molecule has 0 atom stereocenters. The largest absolute Gasteiger partial charge is 0.497 e. The van der Waals surface area contributed by atoms with Gasteiger partial charge in [0.1, 0.15) is 5.75 Å².